The zero-order valence-corrected chi connectivity index (χ0v) is 9.32. The summed E-state index contributed by atoms with van der Waals surface area (Å²) < 4.78 is 0. The Morgan fingerprint density at radius 3 is 1.56 bits per heavy atom. The fourth-order valence-electron chi connectivity index (χ4n) is 0.352. The van der Waals surface area contributed by atoms with Crippen molar-refractivity contribution in [3.05, 3.63) is 17.3 Å². The van der Waals surface area contributed by atoms with Crippen LogP contribution in [-0.4, -0.2) is 0 Å². The zero-order chi connectivity index (χ0) is 6.73. The smallest absolute Gasteiger partial charge is 0 e. The van der Waals surface area contributed by atoms with E-state index in [0.717, 1.165) is 11.5 Å². The van der Waals surface area contributed by atoms with E-state index in [1.54, 1.807) is 6.92 Å². The van der Waals surface area contributed by atoms with Crippen LogP contribution in [0.15, 0.2) is 11.3 Å². The van der Waals surface area contributed by atoms with E-state index in [1.807, 2.05) is 20.8 Å². The van der Waals surface area contributed by atoms with Crippen LogP contribution in [0.25, 0.3) is 0 Å². The monoisotopic (exact) mass is 201 g/mol. The molecular formula is C7H12OY-2. The van der Waals surface area contributed by atoms with Gasteiger partial charge in [-0.1, -0.05) is 6.92 Å². The van der Waals surface area contributed by atoms with E-state index in [0.29, 0.717) is 0 Å². The third-order valence-corrected chi connectivity index (χ3v) is 1.28. The molecule has 0 aromatic rings. The first-order valence-electron chi connectivity index (χ1n) is 2.70. The summed E-state index contributed by atoms with van der Waals surface area (Å²) in [6.07, 6.45) is 0. The summed E-state index contributed by atoms with van der Waals surface area (Å²) in [7, 11) is 0. The summed E-state index contributed by atoms with van der Waals surface area (Å²) in [5.74, 6) is 1.28. The fourth-order valence-corrected chi connectivity index (χ4v) is 0.352. The number of hydrogen-bond donors (Lipinski definition) is 0. The molecule has 0 unspecified atom stereocenters. The van der Waals surface area contributed by atoms with Crippen LogP contribution in [0.5, 0.6) is 0 Å². The van der Waals surface area contributed by atoms with Gasteiger partial charge in [0.1, 0.15) is 0 Å². The molecule has 0 aromatic carbocycles. The molecule has 1 radical (unpaired) electrons. The second-order valence-electron chi connectivity index (χ2n) is 2.18. The maximum absolute atomic E-state index is 10.5. The van der Waals surface area contributed by atoms with Crippen LogP contribution in [0.1, 0.15) is 27.7 Å². The molecule has 0 aliphatic rings. The predicted octanol–water partition coefficient (Wildman–Crippen LogP) is 1.25. The van der Waals surface area contributed by atoms with Crippen molar-refractivity contribution in [1.29, 1.82) is 0 Å². The van der Waals surface area contributed by atoms with Crippen molar-refractivity contribution in [1.82, 2.24) is 0 Å². The van der Waals surface area contributed by atoms with Crippen LogP contribution in [0.4, 0.5) is 0 Å². The van der Waals surface area contributed by atoms with Gasteiger partial charge in [0.15, 0.2) is 0 Å². The maximum Gasteiger partial charge on any atom is 0 e. The van der Waals surface area contributed by atoms with Crippen LogP contribution >= 0.6 is 0 Å². The van der Waals surface area contributed by atoms with Gasteiger partial charge in [0, 0.05) is 32.7 Å². The van der Waals surface area contributed by atoms with Gasteiger partial charge < -0.3 is 10.9 Å². The van der Waals surface area contributed by atoms with Crippen molar-refractivity contribution < 1.29 is 37.8 Å². The summed E-state index contributed by atoms with van der Waals surface area (Å²) >= 11 is 0. The van der Waals surface area contributed by atoms with Crippen molar-refractivity contribution in [3.8, 4) is 0 Å². The van der Waals surface area contributed by atoms with Gasteiger partial charge in [-0.2, -0.15) is 0 Å². The third-order valence-electron chi connectivity index (χ3n) is 1.28. The molecule has 0 aromatic heterocycles. The Labute approximate surface area is 82.4 Å². The van der Waals surface area contributed by atoms with Crippen LogP contribution < -0.4 is 5.11 Å². The van der Waals surface area contributed by atoms with Crippen LogP contribution in [0, 0.1) is 5.92 Å². The molecule has 0 fully saturated rings. The average molecular weight is 201 g/mol. The second-order valence-corrected chi connectivity index (χ2v) is 2.18. The molecule has 51 valence electrons. The summed E-state index contributed by atoms with van der Waals surface area (Å²) in [5, 5.41) is 10.5. The van der Waals surface area contributed by atoms with E-state index < -0.39 is 0 Å². The van der Waals surface area contributed by atoms with E-state index in [2.05, 4.69) is 0 Å². The minimum atomic E-state index is 0. The molecule has 0 N–H and O–H groups in total. The van der Waals surface area contributed by atoms with Crippen molar-refractivity contribution >= 4 is 0 Å². The van der Waals surface area contributed by atoms with Gasteiger partial charge >= 0.3 is 0 Å². The normalized spacial score (nSPS) is 11.6. The average Bonchev–Trinajstić information content (AvgIpc) is 1.64. The molecule has 0 saturated heterocycles. The SMILES string of the molecule is CC([O-])=C(C)[C-](C)C.[Y]. The van der Waals surface area contributed by atoms with Crippen molar-refractivity contribution in [3.63, 3.8) is 0 Å². The maximum atomic E-state index is 10.5. The topological polar surface area (TPSA) is 23.1 Å². The largest absolute Gasteiger partial charge is 0.957 e. The molecule has 1 nitrogen and oxygen atoms in total. The minimum Gasteiger partial charge on any atom is -0.957 e. The summed E-state index contributed by atoms with van der Waals surface area (Å²) in [4.78, 5) is 0. The van der Waals surface area contributed by atoms with Gasteiger partial charge in [0.05, 0.1) is 0 Å². The van der Waals surface area contributed by atoms with Gasteiger partial charge in [-0.15, -0.1) is 20.8 Å². The first-order valence-corrected chi connectivity index (χ1v) is 2.70. The second kappa shape index (κ2) is 5.31. The standard InChI is InChI=1S/C7H13O.Y/c1-5(2)6(3)7(4)8;/h8H,1-4H3;/q-1;/p-1. The first-order chi connectivity index (χ1) is 3.55. The molecule has 0 aliphatic heterocycles. The Hall–Kier alpha value is 0.514. The molecule has 0 rings (SSSR count). The minimum absolute atomic E-state index is 0. The number of allylic oxidation sites excluding steroid dienone is 2. The van der Waals surface area contributed by atoms with Crippen LogP contribution in [0.2, 0.25) is 0 Å². The van der Waals surface area contributed by atoms with E-state index >= 15 is 0 Å². The first kappa shape index (κ1) is 12.2. The number of rotatable bonds is 1. The van der Waals surface area contributed by atoms with Crippen molar-refractivity contribution in [2.75, 3.05) is 0 Å². The molecule has 0 amide bonds. The van der Waals surface area contributed by atoms with E-state index in [9.17, 15) is 5.11 Å². The Balaban J connectivity index is 0. The summed E-state index contributed by atoms with van der Waals surface area (Å²) in [5.41, 5.74) is 0.880. The molecule has 0 aliphatic carbocycles. The van der Waals surface area contributed by atoms with E-state index in [-0.39, 0.29) is 38.5 Å². The summed E-state index contributed by atoms with van der Waals surface area (Å²) in [6, 6.07) is 0. The van der Waals surface area contributed by atoms with Gasteiger partial charge in [-0.05, 0) is 0 Å². The molecule has 2 heteroatoms. The van der Waals surface area contributed by atoms with Gasteiger partial charge in [-0.3, -0.25) is 0 Å². The van der Waals surface area contributed by atoms with Crippen LogP contribution in [-0.2, 0) is 32.7 Å². The zero-order valence-electron chi connectivity index (χ0n) is 6.49. The molecular weight excluding hydrogens is 189 g/mol. The Morgan fingerprint density at radius 2 is 1.56 bits per heavy atom. The van der Waals surface area contributed by atoms with Gasteiger partial charge in [0.2, 0.25) is 0 Å². The molecule has 0 saturated carbocycles. The van der Waals surface area contributed by atoms with Crippen LogP contribution in [0.3, 0.4) is 0 Å². The molecule has 0 bridgehead atoms. The van der Waals surface area contributed by atoms with Gasteiger partial charge in [0.25, 0.3) is 0 Å². The van der Waals surface area contributed by atoms with Gasteiger partial charge in [-0.25, -0.2) is 11.5 Å². The quantitative estimate of drug-likeness (QED) is 0.462. The van der Waals surface area contributed by atoms with Crippen molar-refractivity contribution in [2.45, 2.75) is 27.7 Å². The fraction of sp³-hybridized carbons (Fsp3) is 0.571. The predicted molar refractivity (Wildman–Crippen MR) is 33.0 cm³/mol. The summed E-state index contributed by atoms with van der Waals surface area (Å²) in [6.45, 7) is 7.31. The molecule has 9 heavy (non-hydrogen) atoms. The molecule has 0 heterocycles. The number of hydrogen-bond acceptors (Lipinski definition) is 1. The Morgan fingerprint density at radius 1 is 1.22 bits per heavy atom. The Bertz CT molecular complexity index is 101. The van der Waals surface area contributed by atoms with Crippen molar-refractivity contribution in [2.24, 2.45) is 0 Å². The van der Waals surface area contributed by atoms with E-state index in [1.165, 1.54) is 0 Å². The molecule has 0 spiro atoms. The molecule has 0 atom stereocenters. The van der Waals surface area contributed by atoms with E-state index in [4.69, 9.17) is 0 Å². The Kier molecular flexibility index (Phi) is 7.21. The third kappa shape index (κ3) is 4.98.